The first-order chi connectivity index (χ1) is 9.63. The molecule has 1 amide bonds. The second-order valence-corrected chi connectivity index (χ2v) is 4.34. The van der Waals surface area contributed by atoms with Gasteiger partial charge in [0.25, 0.3) is 0 Å². The summed E-state index contributed by atoms with van der Waals surface area (Å²) in [6.45, 7) is 2.14. The van der Waals surface area contributed by atoms with E-state index in [9.17, 15) is 9.59 Å². The number of aromatic nitrogens is 1. The van der Waals surface area contributed by atoms with Crippen molar-refractivity contribution >= 4 is 22.5 Å². The van der Waals surface area contributed by atoms with E-state index in [2.05, 4.69) is 10.3 Å². The van der Waals surface area contributed by atoms with Crippen LogP contribution in [0.3, 0.4) is 0 Å². The summed E-state index contributed by atoms with van der Waals surface area (Å²) in [7, 11) is 1.58. The maximum absolute atomic E-state index is 11.6. The van der Waals surface area contributed by atoms with Gasteiger partial charge < -0.3 is 15.0 Å². The smallest absolute Gasteiger partial charge is 0.248 e. The van der Waals surface area contributed by atoms with Gasteiger partial charge in [0.05, 0.1) is 12.1 Å². The van der Waals surface area contributed by atoms with Crippen molar-refractivity contribution < 1.29 is 9.53 Å². The van der Waals surface area contributed by atoms with Crippen LogP contribution in [0.1, 0.15) is 12.5 Å². The molecule has 0 aliphatic carbocycles. The van der Waals surface area contributed by atoms with Gasteiger partial charge in [-0.1, -0.05) is 12.1 Å². The minimum Gasteiger partial charge on any atom is -0.380 e. The molecule has 0 spiro atoms. The number of carbonyl (C=O) groups is 1. The number of methoxy groups -OCH3 is 1. The molecule has 0 unspecified atom stereocenters. The summed E-state index contributed by atoms with van der Waals surface area (Å²) in [6.07, 6.45) is 3.10. The molecule has 5 nitrogen and oxygen atoms in total. The summed E-state index contributed by atoms with van der Waals surface area (Å²) in [5.74, 6) is -0.206. The molecule has 104 valence electrons. The molecular weight excluding hydrogens is 256 g/mol. The monoisotopic (exact) mass is 272 g/mol. The first-order valence-corrected chi connectivity index (χ1v) is 6.22. The zero-order chi connectivity index (χ0) is 14.5. The highest BCUT2D eigenvalue weighted by Gasteiger charge is 2.05. The molecule has 0 saturated carbocycles. The van der Waals surface area contributed by atoms with Crippen LogP contribution in [0.2, 0.25) is 0 Å². The number of nitrogens with one attached hydrogen (secondary N) is 2. The van der Waals surface area contributed by atoms with Crippen LogP contribution in [0, 0.1) is 0 Å². The Morgan fingerprint density at radius 2 is 2.20 bits per heavy atom. The van der Waals surface area contributed by atoms with Gasteiger partial charge in [0.2, 0.25) is 11.5 Å². The van der Waals surface area contributed by atoms with Gasteiger partial charge in [-0.15, -0.1) is 0 Å². The van der Waals surface area contributed by atoms with Gasteiger partial charge in [-0.25, -0.2) is 0 Å². The largest absolute Gasteiger partial charge is 0.380 e. The Morgan fingerprint density at radius 3 is 2.90 bits per heavy atom. The van der Waals surface area contributed by atoms with Gasteiger partial charge >= 0.3 is 0 Å². The lowest BCUT2D eigenvalue weighted by Crippen LogP contribution is -2.10. The first-order valence-electron chi connectivity index (χ1n) is 6.22. The van der Waals surface area contributed by atoms with Crippen molar-refractivity contribution in [2.24, 2.45) is 0 Å². The summed E-state index contributed by atoms with van der Waals surface area (Å²) in [5, 5.41) is 3.63. The highest BCUT2D eigenvalue weighted by molar-refractivity contribution is 6.00. The minimum atomic E-state index is -0.206. The van der Waals surface area contributed by atoms with Gasteiger partial charge in [0.15, 0.2) is 0 Å². The van der Waals surface area contributed by atoms with Gasteiger partial charge in [0.1, 0.15) is 0 Å². The quantitative estimate of drug-likeness (QED) is 0.838. The van der Waals surface area contributed by atoms with E-state index >= 15 is 0 Å². The van der Waals surface area contributed by atoms with E-state index < -0.39 is 0 Å². The Hall–Kier alpha value is -2.40. The molecule has 1 aromatic carbocycles. The summed E-state index contributed by atoms with van der Waals surface area (Å²) in [6, 6.07) is 6.90. The molecule has 0 bridgehead atoms. The average Bonchev–Trinajstić information content (AvgIpc) is 2.38. The third-order valence-electron chi connectivity index (χ3n) is 2.81. The molecule has 1 aromatic heterocycles. The number of aromatic amines is 1. The van der Waals surface area contributed by atoms with E-state index in [1.807, 2.05) is 6.07 Å². The number of ether oxygens (including phenoxy) is 1. The predicted molar refractivity (Wildman–Crippen MR) is 78.7 cm³/mol. The van der Waals surface area contributed by atoms with Crippen LogP contribution in [-0.4, -0.2) is 18.0 Å². The Morgan fingerprint density at radius 1 is 1.40 bits per heavy atom. The number of amides is 1. The van der Waals surface area contributed by atoms with Crippen molar-refractivity contribution in [2.45, 2.75) is 13.5 Å². The molecule has 1 heterocycles. The lowest BCUT2D eigenvalue weighted by atomic mass is 10.1. The maximum Gasteiger partial charge on any atom is 0.248 e. The molecule has 0 saturated heterocycles. The number of hydrogen-bond donors (Lipinski definition) is 2. The fourth-order valence-corrected chi connectivity index (χ4v) is 2.02. The maximum atomic E-state index is 11.6. The third kappa shape index (κ3) is 3.13. The zero-order valence-electron chi connectivity index (χ0n) is 11.4. The topological polar surface area (TPSA) is 71.2 Å². The SMILES string of the molecule is C/C=C\C(=O)Nc1ccc2c(COC)cc(=O)[nH]c2c1. The molecule has 0 radical (unpaired) electrons. The normalized spacial score (nSPS) is 11.1. The molecule has 20 heavy (non-hydrogen) atoms. The molecule has 0 atom stereocenters. The van der Waals surface area contributed by atoms with Crippen LogP contribution in [0.25, 0.3) is 10.9 Å². The summed E-state index contributed by atoms with van der Waals surface area (Å²) in [5.41, 5.74) is 1.92. The van der Waals surface area contributed by atoms with Crippen LogP contribution in [0.4, 0.5) is 5.69 Å². The Labute approximate surface area is 116 Å². The number of anilines is 1. The first kappa shape index (κ1) is 14.0. The van der Waals surface area contributed by atoms with E-state index in [1.54, 1.807) is 32.2 Å². The van der Waals surface area contributed by atoms with Crippen molar-refractivity contribution in [3.63, 3.8) is 0 Å². The molecule has 0 fully saturated rings. The fraction of sp³-hybridized carbons (Fsp3) is 0.200. The Kier molecular flexibility index (Phi) is 4.32. The van der Waals surface area contributed by atoms with E-state index in [0.717, 1.165) is 10.9 Å². The second kappa shape index (κ2) is 6.16. The van der Waals surface area contributed by atoms with Gasteiger partial charge in [0, 0.05) is 24.2 Å². The van der Waals surface area contributed by atoms with E-state index in [0.29, 0.717) is 17.8 Å². The highest BCUT2D eigenvalue weighted by Crippen LogP contribution is 2.20. The van der Waals surface area contributed by atoms with Crippen molar-refractivity contribution in [1.29, 1.82) is 0 Å². The molecule has 0 aliphatic rings. The second-order valence-electron chi connectivity index (χ2n) is 4.34. The third-order valence-corrected chi connectivity index (χ3v) is 2.81. The van der Waals surface area contributed by atoms with Gasteiger partial charge in [-0.3, -0.25) is 9.59 Å². The van der Waals surface area contributed by atoms with Crippen LogP contribution in [0.5, 0.6) is 0 Å². The Balaban J connectivity index is 2.43. The molecule has 2 N–H and O–H groups in total. The van der Waals surface area contributed by atoms with Gasteiger partial charge in [-0.05, 0) is 30.7 Å². The number of fused-ring (bicyclic) bond motifs is 1. The van der Waals surface area contributed by atoms with Crippen molar-refractivity contribution in [2.75, 3.05) is 12.4 Å². The van der Waals surface area contributed by atoms with E-state index in [1.165, 1.54) is 12.1 Å². The predicted octanol–water partition coefficient (Wildman–Crippen LogP) is 2.19. The highest BCUT2D eigenvalue weighted by atomic mass is 16.5. The molecule has 2 rings (SSSR count). The zero-order valence-corrected chi connectivity index (χ0v) is 11.4. The number of hydrogen-bond acceptors (Lipinski definition) is 3. The van der Waals surface area contributed by atoms with Crippen molar-refractivity contribution in [3.8, 4) is 0 Å². The van der Waals surface area contributed by atoms with Crippen molar-refractivity contribution in [3.05, 3.63) is 52.3 Å². The average molecular weight is 272 g/mol. The molecule has 0 aliphatic heterocycles. The van der Waals surface area contributed by atoms with E-state index in [-0.39, 0.29) is 11.5 Å². The molecule has 2 aromatic rings. The lowest BCUT2D eigenvalue weighted by Gasteiger charge is -2.08. The van der Waals surface area contributed by atoms with E-state index in [4.69, 9.17) is 4.74 Å². The number of allylic oxidation sites excluding steroid dienone is 1. The Bertz CT molecular complexity index is 717. The van der Waals surface area contributed by atoms with Crippen LogP contribution >= 0.6 is 0 Å². The summed E-state index contributed by atoms with van der Waals surface area (Å²) < 4.78 is 5.09. The molecule has 5 heteroatoms. The summed E-state index contributed by atoms with van der Waals surface area (Å²) >= 11 is 0. The number of pyridine rings is 1. The lowest BCUT2D eigenvalue weighted by molar-refractivity contribution is -0.111. The standard InChI is InChI=1S/C15H16N2O3/c1-3-4-14(18)16-11-5-6-12-10(9-20-2)7-15(19)17-13(12)8-11/h3-8H,9H2,1-2H3,(H,16,18)(H,17,19)/b4-3-. The van der Waals surface area contributed by atoms with Crippen molar-refractivity contribution in [1.82, 2.24) is 4.98 Å². The van der Waals surface area contributed by atoms with Crippen LogP contribution in [-0.2, 0) is 16.1 Å². The number of benzene rings is 1. The van der Waals surface area contributed by atoms with Crippen LogP contribution in [0.15, 0.2) is 41.2 Å². The molecular formula is C15H16N2O3. The fourth-order valence-electron chi connectivity index (χ4n) is 2.02. The number of carbonyl (C=O) groups excluding carboxylic acids is 1. The summed E-state index contributed by atoms with van der Waals surface area (Å²) in [4.78, 5) is 25.9. The number of H-pyrrole nitrogens is 1. The minimum absolute atomic E-state index is 0.193. The van der Waals surface area contributed by atoms with Crippen LogP contribution < -0.4 is 10.9 Å². The van der Waals surface area contributed by atoms with Gasteiger partial charge in [-0.2, -0.15) is 0 Å². The number of rotatable bonds is 4.